The van der Waals surface area contributed by atoms with Crippen LogP contribution in [0.4, 0.5) is 0 Å². The Hall–Kier alpha value is -1.41. The minimum atomic E-state index is -3.60. The van der Waals surface area contributed by atoms with Gasteiger partial charge in [-0.15, -0.1) is 0 Å². The standard InChI is InChI=1S/C12H18N4O3S/c1-3-15-9-4-5-16(10(9)6-12(15)17)20(18,19)11-7-14(2)8-13-11/h7-10H,3-6H2,1-2H3. The minimum absolute atomic E-state index is 0.0194. The lowest BCUT2D eigenvalue weighted by Gasteiger charge is -2.23. The van der Waals surface area contributed by atoms with Gasteiger partial charge in [-0.05, 0) is 13.3 Å². The first-order chi connectivity index (χ1) is 9.45. The van der Waals surface area contributed by atoms with Gasteiger partial charge in [0, 0.05) is 32.8 Å². The molecule has 3 rings (SSSR count). The number of carbonyl (C=O) groups is 1. The summed E-state index contributed by atoms with van der Waals surface area (Å²) in [5.41, 5.74) is 0. The molecular weight excluding hydrogens is 280 g/mol. The molecule has 2 aliphatic rings. The number of likely N-dealkylation sites (tertiary alicyclic amines) is 1. The van der Waals surface area contributed by atoms with Crippen LogP contribution >= 0.6 is 0 Å². The summed E-state index contributed by atoms with van der Waals surface area (Å²) in [7, 11) is -1.87. The quantitative estimate of drug-likeness (QED) is 0.775. The Morgan fingerprint density at radius 1 is 1.40 bits per heavy atom. The topological polar surface area (TPSA) is 75.5 Å². The Bertz CT molecular complexity index is 639. The largest absolute Gasteiger partial charge is 0.339 e. The molecule has 0 bridgehead atoms. The molecule has 1 aromatic heterocycles. The molecule has 0 radical (unpaired) electrons. The van der Waals surface area contributed by atoms with Crippen molar-refractivity contribution >= 4 is 15.9 Å². The predicted octanol–water partition coefficient (Wildman–Crippen LogP) is -0.196. The predicted molar refractivity (Wildman–Crippen MR) is 71.3 cm³/mol. The van der Waals surface area contributed by atoms with Crippen molar-refractivity contribution in [3.05, 3.63) is 12.5 Å². The summed E-state index contributed by atoms with van der Waals surface area (Å²) >= 11 is 0. The van der Waals surface area contributed by atoms with Gasteiger partial charge >= 0.3 is 0 Å². The van der Waals surface area contributed by atoms with Crippen LogP contribution < -0.4 is 0 Å². The van der Waals surface area contributed by atoms with Crippen LogP contribution in [0.15, 0.2) is 17.6 Å². The number of hydrogen-bond acceptors (Lipinski definition) is 4. The van der Waals surface area contributed by atoms with Crippen LogP contribution in [0.25, 0.3) is 0 Å². The number of imidazole rings is 1. The van der Waals surface area contributed by atoms with E-state index in [2.05, 4.69) is 4.98 Å². The highest BCUT2D eigenvalue weighted by atomic mass is 32.2. The summed E-state index contributed by atoms with van der Waals surface area (Å²) in [6.07, 6.45) is 3.95. The highest BCUT2D eigenvalue weighted by Crippen LogP contribution is 2.35. The van der Waals surface area contributed by atoms with E-state index >= 15 is 0 Å². The molecule has 110 valence electrons. The average molecular weight is 298 g/mol. The Labute approximate surface area is 118 Å². The third-order valence-electron chi connectivity index (χ3n) is 4.16. The second-order valence-corrected chi connectivity index (χ2v) is 7.14. The molecule has 0 aromatic carbocycles. The molecule has 2 atom stereocenters. The summed E-state index contributed by atoms with van der Waals surface area (Å²) in [5.74, 6) is 0.0448. The van der Waals surface area contributed by atoms with Crippen molar-refractivity contribution in [3.63, 3.8) is 0 Å². The highest BCUT2D eigenvalue weighted by molar-refractivity contribution is 7.89. The summed E-state index contributed by atoms with van der Waals surface area (Å²) in [6.45, 7) is 3.02. The molecule has 1 amide bonds. The molecule has 2 aliphatic heterocycles. The van der Waals surface area contributed by atoms with Crippen molar-refractivity contribution in [2.24, 2.45) is 7.05 Å². The van der Waals surface area contributed by atoms with Crippen LogP contribution in [0.1, 0.15) is 19.8 Å². The highest BCUT2D eigenvalue weighted by Gasteiger charge is 2.50. The number of carbonyl (C=O) groups excluding carboxylic acids is 1. The maximum Gasteiger partial charge on any atom is 0.262 e. The molecule has 0 N–H and O–H groups in total. The molecule has 1 aromatic rings. The van der Waals surface area contributed by atoms with Gasteiger partial charge in [0.25, 0.3) is 10.0 Å². The molecule has 0 saturated carbocycles. The number of nitrogens with zero attached hydrogens (tertiary/aromatic N) is 4. The molecule has 2 saturated heterocycles. The number of aromatic nitrogens is 2. The van der Waals surface area contributed by atoms with E-state index in [1.165, 1.54) is 16.8 Å². The first-order valence-corrected chi connectivity index (χ1v) is 8.18. The van der Waals surface area contributed by atoms with Gasteiger partial charge in [0.2, 0.25) is 5.91 Å². The number of sulfonamides is 1. The van der Waals surface area contributed by atoms with Crippen LogP contribution in [-0.2, 0) is 21.9 Å². The van der Waals surface area contributed by atoms with Crippen LogP contribution in [0.3, 0.4) is 0 Å². The lowest BCUT2D eigenvalue weighted by molar-refractivity contribution is -0.128. The fraction of sp³-hybridized carbons (Fsp3) is 0.667. The summed E-state index contributed by atoms with van der Waals surface area (Å²) in [5, 5.41) is 0.0584. The first-order valence-electron chi connectivity index (χ1n) is 6.74. The fourth-order valence-electron chi connectivity index (χ4n) is 3.24. The van der Waals surface area contributed by atoms with E-state index in [9.17, 15) is 13.2 Å². The minimum Gasteiger partial charge on any atom is -0.339 e. The summed E-state index contributed by atoms with van der Waals surface area (Å²) in [6, 6.07) is -0.222. The van der Waals surface area contributed by atoms with Gasteiger partial charge in [0.1, 0.15) is 0 Å². The van der Waals surface area contributed by atoms with Gasteiger partial charge in [0.05, 0.1) is 18.4 Å². The van der Waals surface area contributed by atoms with E-state index in [-0.39, 0.29) is 29.4 Å². The number of rotatable bonds is 3. The van der Waals surface area contributed by atoms with Crippen molar-refractivity contribution in [1.29, 1.82) is 0 Å². The average Bonchev–Trinajstić information content (AvgIpc) is 3.03. The molecule has 20 heavy (non-hydrogen) atoms. The Balaban J connectivity index is 1.91. The number of aryl methyl sites for hydroxylation is 1. The molecular formula is C12H18N4O3S. The van der Waals surface area contributed by atoms with Gasteiger partial charge in [-0.3, -0.25) is 4.79 Å². The van der Waals surface area contributed by atoms with Gasteiger partial charge in [-0.1, -0.05) is 0 Å². The first kappa shape index (κ1) is 13.6. The van der Waals surface area contributed by atoms with Crippen molar-refractivity contribution in [1.82, 2.24) is 18.8 Å². The molecule has 0 spiro atoms. The Kier molecular flexibility index (Phi) is 3.09. The van der Waals surface area contributed by atoms with E-state index in [1.54, 1.807) is 16.5 Å². The fourth-order valence-corrected chi connectivity index (χ4v) is 4.88. The van der Waals surface area contributed by atoms with Crippen molar-refractivity contribution in [2.45, 2.75) is 36.9 Å². The monoisotopic (exact) mass is 298 g/mol. The van der Waals surface area contributed by atoms with Crippen LogP contribution in [-0.4, -0.2) is 58.3 Å². The second kappa shape index (κ2) is 4.56. The number of hydrogen-bond donors (Lipinski definition) is 0. The van der Waals surface area contributed by atoms with E-state index in [4.69, 9.17) is 0 Å². The SMILES string of the molecule is CCN1C(=O)CC2C1CCN2S(=O)(=O)c1cn(C)cn1. The third kappa shape index (κ3) is 1.86. The molecule has 2 unspecified atom stereocenters. The zero-order chi connectivity index (χ0) is 14.5. The van der Waals surface area contributed by atoms with E-state index < -0.39 is 10.0 Å². The van der Waals surface area contributed by atoms with Crippen molar-refractivity contribution < 1.29 is 13.2 Å². The molecule has 2 fully saturated rings. The molecule has 8 heteroatoms. The van der Waals surface area contributed by atoms with Crippen molar-refractivity contribution in [3.8, 4) is 0 Å². The number of amides is 1. The third-order valence-corrected chi connectivity index (χ3v) is 5.97. The van der Waals surface area contributed by atoms with Gasteiger partial charge < -0.3 is 9.47 Å². The van der Waals surface area contributed by atoms with Gasteiger partial charge in [-0.25, -0.2) is 13.4 Å². The summed E-state index contributed by atoms with van der Waals surface area (Å²) in [4.78, 5) is 17.6. The van der Waals surface area contributed by atoms with E-state index in [0.717, 1.165) is 0 Å². The van der Waals surface area contributed by atoms with E-state index in [1.807, 2.05) is 6.92 Å². The van der Waals surface area contributed by atoms with Gasteiger partial charge in [0.15, 0.2) is 5.03 Å². The number of likely N-dealkylation sites (N-methyl/N-ethyl adjacent to an activating group) is 1. The summed E-state index contributed by atoms with van der Waals surface area (Å²) < 4.78 is 28.3. The van der Waals surface area contributed by atoms with Crippen LogP contribution in [0.2, 0.25) is 0 Å². The van der Waals surface area contributed by atoms with Crippen LogP contribution in [0.5, 0.6) is 0 Å². The van der Waals surface area contributed by atoms with Crippen molar-refractivity contribution in [2.75, 3.05) is 13.1 Å². The Morgan fingerprint density at radius 3 is 2.75 bits per heavy atom. The lowest BCUT2D eigenvalue weighted by Crippen LogP contribution is -2.39. The molecule has 7 nitrogen and oxygen atoms in total. The second-order valence-electron chi connectivity index (χ2n) is 5.30. The van der Waals surface area contributed by atoms with Gasteiger partial charge in [-0.2, -0.15) is 4.31 Å². The van der Waals surface area contributed by atoms with E-state index in [0.29, 0.717) is 19.5 Å². The maximum atomic E-state index is 12.6. The smallest absolute Gasteiger partial charge is 0.262 e. The lowest BCUT2D eigenvalue weighted by atomic mass is 10.1. The van der Waals surface area contributed by atoms with Crippen LogP contribution in [0, 0.1) is 0 Å². The molecule has 3 heterocycles. The Morgan fingerprint density at radius 2 is 2.15 bits per heavy atom. The molecule has 0 aliphatic carbocycles. The zero-order valence-electron chi connectivity index (χ0n) is 11.6. The normalized spacial score (nSPS) is 27.3. The maximum absolute atomic E-state index is 12.6. The zero-order valence-corrected chi connectivity index (χ0v) is 12.4. The number of fused-ring (bicyclic) bond motifs is 1.